The molecule has 1 aromatic carbocycles. The van der Waals surface area contributed by atoms with Crippen LogP contribution >= 0.6 is 0 Å². The highest BCUT2D eigenvalue weighted by Gasteiger charge is 2.68. The van der Waals surface area contributed by atoms with E-state index in [0.29, 0.717) is 67.3 Å². The summed E-state index contributed by atoms with van der Waals surface area (Å²) in [7, 11) is 0.168. The molecule has 3 atom stereocenters. The van der Waals surface area contributed by atoms with Crippen molar-refractivity contribution in [3.8, 4) is 6.07 Å². The van der Waals surface area contributed by atoms with Crippen molar-refractivity contribution in [2.24, 2.45) is 11.8 Å². The first-order valence-electron chi connectivity index (χ1n) is 15.3. The molecule has 0 spiro atoms. The standard InChI is InChI=1S/C33H34N8O4S/c1-37-15-17-39(18-16-37)46(44,45)40-21-27-28(22-40)31(27)41-30(19-29(42)24-5-3-23(20-34)4-6-24)38(2)33(32(41)43,25-7-11-35-12-8-25)26-9-13-36-14-10-26/h3-14,19,27-28,31H,15-18,21-22H2,1-2H3/t27-,28+,31?. The molecule has 3 saturated heterocycles. The van der Waals surface area contributed by atoms with Crippen molar-refractivity contribution in [2.45, 2.75) is 11.6 Å². The normalized spacial score (nSPS) is 25.9. The largest absolute Gasteiger partial charge is 0.339 e. The molecule has 4 fully saturated rings. The van der Waals surface area contributed by atoms with Gasteiger partial charge in [-0.15, -0.1) is 0 Å². The van der Waals surface area contributed by atoms with Gasteiger partial charge < -0.3 is 9.80 Å². The third-order valence-corrected chi connectivity index (χ3v) is 11.9. The summed E-state index contributed by atoms with van der Waals surface area (Å²) in [6, 6.07) is 15.4. The van der Waals surface area contributed by atoms with Crippen molar-refractivity contribution >= 4 is 21.9 Å². The predicted octanol–water partition coefficient (Wildman–Crippen LogP) is 1.51. The molecule has 12 nitrogen and oxygen atoms in total. The molecule has 46 heavy (non-hydrogen) atoms. The van der Waals surface area contributed by atoms with Crippen LogP contribution in [0.4, 0.5) is 0 Å². The molecule has 0 N–H and O–H groups in total. The molecule has 1 unspecified atom stereocenters. The molecule has 3 aromatic rings. The van der Waals surface area contributed by atoms with Gasteiger partial charge in [0.1, 0.15) is 5.82 Å². The van der Waals surface area contributed by atoms with Crippen LogP contribution in [-0.2, 0) is 20.5 Å². The van der Waals surface area contributed by atoms with Crippen LogP contribution in [0.25, 0.3) is 0 Å². The van der Waals surface area contributed by atoms with Crippen LogP contribution in [0.3, 0.4) is 0 Å². The van der Waals surface area contributed by atoms with E-state index in [2.05, 4.69) is 20.9 Å². The van der Waals surface area contributed by atoms with E-state index in [1.165, 1.54) is 6.08 Å². The van der Waals surface area contributed by atoms with Crippen LogP contribution in [0, 0.1) is 23.2 Å². The maximum Gasteiger partial charge on any atom is 0.282 e. The number of amides is 1. The number of carbonyl (C=O) groups is 2. The zero-order valence-corrected chi connectivity index (χ0v) is 26.4. The summed E-state index contributed by atoms with van der Waals surface area (Å²) in [5.41, 5.74) is 0.884. The highest BCUT2D eigenvalue weighted by atomic mass is 32.2. The molecule has 7 rings (SSSR count). The summed E-state index contributed by atoms with van der Waals surface area (Å²) < 4.78 is 30.2. The Kier molecular flexibility index (Phi) is 7.48. The van der Waals surface area contributed by atoms with E-state index in [4.69, 9.17) is 0 Å². The molecule has 3 aliphatic heterocycles. The number of rotatable bonds is 7. The van der Waals surface area contributed by atoms with Gasteiger partial charge in [-0.3, -0.25) is 24.5 Å². The third-order valence-electron chi connectivity index (χ3n) is 9.91. The Morgan fingerprint density at radius 3 is 1.93 bits per heavy atom. The van der Waals surface area contributed by atoms with E-state index < -0.39 is 15.7 Å². The van der Waals surface area contributed by atoms with Crippen LogP contribution in [-0.4, -0.2) is 113 Å². The average Bonchev–Trinajstić information content (AvgIpc) is 3.43. The second kappa shape index (κ2) is 11.4. The van der Waals surface area contributed by atoms with Gasteiger partial charge in [-0.25, -0.2) is 0 Å². The van der Waals surface area contributed by atoms with E-state index in [-0.39, 0.29) is 29.6 Å². The number of fused-ring (bicyclic) bond motifs is 1. The van der Waals surface area contributed by atoms with Crippen LogP contribution < -0.4 is 0 Å². The molecular formula is C33H34N8O4S. The van der Waals surface area contributed by atoms with Gasteiger partial charge in [0.2, 0.25) is 0 Å². The van der Waals surface area contributed by atoms with E-state index in [1.54, 1.807) is 93.9 Å². The smallest absolute Gasteiger partial charge is 0.282 e. The lowest BCUT2D eigenvalue weighted by atomic mass is 9.82. The number of piperidine rings is 1. The number of nitrogens with zero attached hydrogens (tertiary/aromatic N) is 8. The van der Waals surface area contributed by atoms with Gasteiger partial charge in [0.15, 0.2) is 11.3 Å². The average molecular weight is 639 g/mol. The van der Waals surface area contributed by atoms with Gasteiger partial charge in [0.05, 0.1) is 11.6 Å². The fraction of sp³-hybridized carbons (Fsp3) is 0.364. The quantitative estimate of drug-likeness (QED) is 0.279. The summed E-state index contributed by atoms with van der Waals surface area (Å²) in [6.45, 7) is 2.90. The topological polar surface area (TPSA) is 134 Å². The first-order valence-corrected chi connectivity index (χ1v) is 16.7. The molecule has 13 heteroatoms. The maximum absolute atomic E-state index is 15.0. The van der Waals surface area contributed by atoms with Crippen molar-refractivity contribution in [1.29, 1.82) is 5.26 Å². The first-order chi connectivity index (χ1) is 22.2. The summed E-state index contributed by atoms with van der Waals surface area (Å²) >= 11 is 0. The van der Waals surface area contributed by atoms with Crippen molar-refractivity contribution < 1.29 is 18.0 Å². The minimum Gasteiger partial charge on any atom is -0.339 e. The van der Waals surface area contributed by atoms with Gasteiger partial charge in [-0.2, -0.15) is 22.3 Å². The van der Waals surface area contributed by atoms with Gasteiger partial charge in [-0.05, 0) is 66.7 Å². The Balaban J connectivity index is 1.27. The van der Waals surface area contributed by atoms with Crippen LogP contribution in [0.1, 0.15) is 27.0 Å². The zero-order valence-electron chi connectivity index (χ0n) is 25.6. The Bertz CT molecular complexity index is 1790. The maximum atomic E-state index is 15.0. The number of allylic oxidation sites excluding steroid dienone is 1. The molecule has 0 bridgehead atoms. The first kappa shape index (κ1) is 30.2. The van der Waals surface area contributed by atoms with Gasteiger partial charge >= 0.3 is 0 Å². The Labute approximate surface area is 268 Å². The number of hydrogen-bond donors (Lipinski definition) is 0. The van der Waals surface area contributed by atoms with Crippen LogP contribution in [0.15, 0.2) is 85.2 Å². The predicted molar refractivity (Wildman–Crippen MR) is 168 cm³/mol. The molecule has 1 saturated carbocycles. The lowest BCUT2D eigenvalue weighted by molar-refractivity contribution is -0.132. The monoisotopic (exact) mass is 638 g/mol. The summed E-state index contributed by atoms with van der Waals surface area (Å²) in [5, 5.41) is 9.22. The van der Waals surface area contributed by atoms with E-state index >= 15 is 4.79 Å². The van der Waals surface area contributed by atoms with Crippen molar-refractivity contribution in [2.75, 3.05) is 53.4 Å². The van der Waals surface area contributed by atoms with E-state index in [1.807, 2.05) is 11.9 Å². The lowest BCUT2D eigenvalue weighted by Crippen LogP contribution is -2.52. The molecule has 1 aliphatic carbocycles. The molecule has 2 aromatic heterocycles. The highest BCUT2D eigenvalue weighted by molar-refractivity contribution is 7.86. The van der Waals surface area contributed by atoms with Gasteiger partial charge in [0.25, 0.3) is 16.1 Å². The summed E-state index contributed by atoms with van der Waals surface area (Å²) in [5.74, 6) is -0.244. The summed E-state index contributed by atoms with van der Waals surface area (Å²) in [6.07, 6.45) is 8.04. The lowest BCUT2D eigenvalue weighted by Gasteiger charge is -2.35. The number of ketones is 1. The number of carbonyl (C=O) groups excluding carboxylic acids is 2. The van der Waals surface area contributed by atoms with Crippen molar-refractivity contribution in [3.63, 3.8) is 0 Å². The fourth-order valence-electron chi connectivity index (χ4n) is 7.32. The SMILES string of the molecule is CN1CCN(S(=O)(=O)N2C[C@@H]3C(N4C(=O)C(c5ccncc5)(c5ccncc5)N(C)C4=CC(=O)c4ccc(C#N)cc4)[C@@H]3C2)CC1. The minimum absolute atomic E-state index is 0.0707. The van der Waals surface area contributed by atoms with Crippen LogP contribution in [0.2, 0.25) is 0 Å². The Morgan fingerprint density at radius 2 is 1.41 bits per heavy atom. The molecule has 5 heterocycles. The zero-order chi connectivity index (χ0) is 32.2. The second-order valence-corrected chi connectivity index (χ2v) is 14.2. The number of likely N-dealkylation sites (N-methyl/N-ethyl adjacent to an activating group) is 2. The highest BCUT2D eigenvalue weighted by Crippen LogP contribution is 2.56. The number of benzene rings is 1. The minimum atomic E-state index is -3.62. The number of aromatic nitrogens is 2. The van der Waals surface area contributed by atoms with E-state index in [0.717, 1.165) is 0 Å². The Morgan fingerprint density at radius 1 is 0.870 bits per heavy atom. The molecule has 236 valence electrons. The second-order valence-electron chi connectivity index (χ2n) is 12.3. The number of hydrogen-bond acceptors (Lipinski definition) is 9. The molecule has 4 aliphatic rings. The fourth-order valence-corrected chi connectivity index (χ4v) is 8.99. The molecular weight excluding hydrogens is 604 g/mol. The van der Waals surface area contributed by atoms with Crippen molar-refractivity contribution in [1.82, 2.24) is 33.3 Å². The van der Waals surface area contributed by atoms with E-state index in [9.17, 15) is 18.5 Å². The Hall–Kier alpha value is -4.48. The number of pyridine rings is 2. The number of piperazine rings is 1. The van der Waals surface area contributed by atoms with Gasteiger partial charge in [-0.1, -0.05) is 0 Å². The molecule has 0 radical (unpaired) electrons. The molecule has 1 amide bonds. The summed E-state index contributed by atoms with van der Waals surface area (Å²) in [4.78, 5) is 42.8. The third kappa shape index (κ3) is 4.72. The van der Waals surface area contributed by atoms with Crippen LogP contribution in [0.5, 0.6) is 0 Å². The van der Waals surface area contributed by atoms with Gasteiger partial charge in [0, 0.05) is 101 Å². The number of nitriles is 1. The van der Waals surface area contributed by atoms with Crippen molar-refractivity contribution in [3.05, 3.63) is 107 Å².